The first-order chi connectivity index (χ1) is 20.5. The Bertz CT molecular complexity index is 816. The molecule has 0 saturated carbocycles. The monoisotopic (exact) mass is 652 g/mol. The molecule has 2 N–H and O–H groups in total. The van der Waals surface area contributed by atoms with Gasteiger partial charge in [-0.3, -0.25) is 0 Å². The number of benzene rings is 1. The summed E-state index contributed by atoms with van der Waals surface area (Å²) in [7, 11) is 6.53. The van der Waals surface area contributed by atoms with Crippen LogP contribution in [0.3, 0.4) is 0 Å². The van der Waals surface area contributed by atoms with Gasteiger partial charge < -0.3 is 10.2 Å². The Morgan fingerprint density at radius 3 is 1.43 bits per heavy atom. The Morgan fingerprint density at radius 1 is 0.524 bits per heavy atom. The van der Waals surface area contributed by atoms with Crippen LogP contribution in [0.2, 0.25) is 0 Å². The number of allylic oxidation sites excluding steroid dienone is 2. The second-order valence-electron chi connectivity index (χ2n) is 12.3. The Balaban J connectivity index is 1.84. The minimum absolute atomic E-state index is 0.0601. The van der Waals surface area contributed by atoms with Crippen LogP contribution in [0.4, 0.5) is 0 Å². The third-order valence-corrected chi connectivity index (χ3v) is 14.6. The van der Waals surface area contributed by atoms with E-state index in [9.17, 15) is 10.2 Å². The van der Waals surface area contributed by atoms with Gasteiger partial charge in [0.1, 0.15) is 0 Å². The maximum atomic E-state index is 10.8. The number of rotatable bonds is 27. The van der Waals surface area contributed by atoms with E-state index in [1.165, 1.54) is 144 Å². The molecule has 1 aliphatic rings. The van der Waals surface area contributed by atoms with E-state index >= 15 is 0 Å². The van der Waals surface area contributed by atoms with Crippen LogP contribution in [-0.4, -0.2) is 16.0 Å². The minimum atomic E-state index is -1.87. The highest BCUT2D eigenvalue weighted by Crippen LogP contribution is 2.53. The van der Waals surface area contributed by atoms with Crippen molar-refractivity contribution < 1.29 is 10.2 Å². The largest absolute Gasteiger partial charge is 0.358 e. The summed E-state index contributed by atoms with van der Waals surface area (Å²) >= 11 is 0. The first kappa shape index (κ1) is 38.2. The van der Waals surface area contributed by atoms with Crippen molar-refractivity contribution in [3.63, 3.8) is 0 Å². The maximum absolute atomic E-state index is 10.8. The summed E-state index contributed by atoms with van der Waals surface area (Å²) in [5, 5.41) is 21.7. The lowest BCUT2D eigenvalue weighted by molar-refractivity contribution is -0.0804. The summed E-state index contributed by atoms with van der Waals surface area (Å²) < 4.78 is 0. The average molecular weight is 653 g/mol. The van der Waals surface area contributed by atoms with E-state index in [0.29, 0.717) is 4.91 Å². The average Bonchev–Trinajstić information content (AvgIpc) is 2.99. The van der Waals surface area contributed by atoms with E-state index in [1.54, 1.807) is 36.5 Å². The number of hydrogen-bond donors (Lipinski definition) is 2. The number of hydrogen-bond acceptors (Lipinski definition) is 6. The molecule has 240 valence electrons. The molecule has 0 atom stereocenters. The first-order valence-electron chi connectivity index (χ1n) is 17.1. The third kappa shape index (κ3) is 17.5. The smallest absolute Gasteiger partial charge is 0.216 e. The van der Waals surface area contributed by atoms with Crippen molar-refractivity contribution >= 4 is 41.2 Å². The predicted octanol–water partition coefficient (Wildman–Crippen LogP) is 13.5. The molecule has 0 unspecified atom stereocenters. The fraction of sp³-hybridized carbons (Fsp3) is 0.722. The van der Waals surface area contributed by atoms with E-state index in [0.717, 1.165) is 12.8 Å². The molecular weight excluding hydrogens is 593 g/mol. The molecule has 0 saturated heterocycles. The van der Waals surface area contributed by atoms with Crippen LogP contribution in [0, 0.1) is 5.41 Å². The highest BCUT2D eigenvalue weighted by atomic mass is 33.7. The van der Waals surface area contributed by atoms with Crippen LogP contribution < -0.4 is 0 Å². The molecule has 0 heterocycles. The molecule has 0 bridgehead atoms. The third-order valence-electron chi connectivity index (χ3n) is 8.45. The van der Waals surface area contributed by atoms with Gasteiger partial charge in [0.2, 0.25) is 5.79 Å². The van der Waals surface area contributed by atoms with Crippen molar-refractivity contribution in [1.82, 2.24) is 0 Å². The Morgan fingerprint density at radius 2 is 0.952 bits per heavy atom. The minimum Gasteiger partial charge on any atom is -0.358 e. The van der Waals surface area contributed by atoms with E-state index in [-0.39, 0.29) is 5.41 Å². The fourth-order valence-corrected chi connectivity index (χ4v) is 11.5. The van der Waals surface area contributed by atoms with Crippen LogP contribution in [-0.2, 0) is 0 Å². The topological polar surface area (TPSA) is 40.5 Å². The van der Waals surface area contributed by atoms with Gasteiger partial charge in [-0.15, -0.1) is 0 Å². The molecule has 0 amide bonds. The summed E-state index contributed by atoms with van der Waals surface area (Å²) in [6.07, 6.45) is 35.1. The summed E-state index contributed by atoms with van der Waals surface area (Å²) in [6.45, 7) is 4.57. The standard InChI is InChI=1S/C36H60O2S4/c1-3-5-7-9-11-13-15-17-19-24-28-35(29-25-20-18-16-14-12-10-8-6-4-2)30-31-36(37,38)34(32-35)40-42-41-39-33-26-22-21-23-27-33/h21-23,26-27,30-32,37-38H,3-20,24-25,28-29H2,1-2H3. The lowest BCUT2D eigenvalue weighted by Gasteiger charge is -2.35. The van der Waals surface area contributed by atoms with E-state index < -0.39 is 5.79 Å². The van der Waals surface area contributed by atoms with Crippen molar-refractivity contribution in [1.29, 1.82) is 0 Å². The van der Waals surface area contributed by atoms with Gasteiger partial charge in [-0.25, -0.2) is 0 Å². The second kappa shape index (κ2) is 24.3. The van der Waals surface area contributed by atoms with Crippen molar-refractivity contribution in [2.75, 3.05) is 0 Å². The lowest BCUT2D eigenvalue weighted by Crippen LogP contribution is -2.33. The zero-order valence-corrected chi connectivity index (χ0v) is 30.0. The van der Waals surface area contributed by atoms with Crippen molar-refractivity contribution in [3.05, 3.63) is 53.5 Å². The molecule has 42 heavy (non-hydrogen) atoms. The summed E-state index contributed by atoms with van der Waals surface area (Å²) in [5.41, 5.74) is -0.0601. The quantitative estimate of drug-likeness (QED) is 0.0426. The van der Waals surface area contributed by atoms with Crippen LogP contribution in [0.25, 0.3) is 0 Å². The molecule has 0 radical (unpaired) electrons. The molecule has 0 aliphatic heterocycles. The van der Waals surface area contributed by atoms with Crippen molar-refractivity contribution in [2.45, 2.75) is 166 Å². The summed E-state index contributed by atoms with van der Waals surface area (Å²) in [6, 6.07) is 10.4. The highest BCUT2D eigenvalue weighted by molar-refractivity contribution is 9.26. The van der Waals surface area contributed by atoms with E-state index in [2.05, 4.69) is 50.3 Å². The van der Waals surface area contributed by atoms with Crippen LogP contribution in [0.15, 0.2) is 58.4 Å². The van der Waals surface area contributed by atoms with E-state index in [1.807, 2.05) is 6.07 Å². The van der Waals surface area contributed by atoms with Crippen LogP contribution in [0.1, 0.15) is 155 Å². The first-order valence-corrected chi connectivity index (χ1v) is 21.9. The molecule has 6 heteroatoms. The SMILES string of the molecule is CCCCCCCCCCCCC1(CCCCCCCCCCCC)C=CC(O)(O)C(SSSSc2ccccc2)=C1. The number of unbranched alkanes of at least 4 members (excludes halogenated alkanes) is 18. The van der Waals surface area contributed by atoms with Gasteiger partial charge in [-0.2, -0.15) is 0 Å². The summed E-state index contributed by atoms with van der Waals surface area (Å²) in [4.78, 5) is 1.89. The molecule has 1 aromatic rings. The molecule has 0 spiro atoms. The van der Waals surface area contributed by atoms with E-state index in [4.69, 9.17) is 0 Å². The molecule has 2 rings (SSSR count). The molecule has 0 aromatic heterocycles. The normalized spacial score (nSPS) is 15.7. The molecule has 1 aliphatic carbocycles. The van der Waals surface area contributed by atoms with Crippen LogP contribution >= 0.6 is 41.2 Å². The van der Waals surface area contributed by atoms with Gasteiger partial charge in [-0.05, 0) is 72.3 Å². The van der Waals surface area contributed by atoms with Gasteiger partial charge in [0.25, 0.3) is 0 Å². The summed E-state index contributed by atoms with van der Waals surface area (Å²) in [5.74, 6) is -1.87. The maximum Gasteiger partial charge on any atom is 0.216 e. The molecule has 2 nitrogen and oxygen atoms in total. The predicted molar refractivity (Wildman–Crippen MR) is 195 cm³/mol. The zero-order valence-electron chi connectivity index (χ0n) is 26.7. The van der Waals surface area contributed by atoms with Gasteiger partial charge in [0.15, 0.2) is 0 Å². The van der Waals surface area contributed by atoms with Crippen molar-refractivity contribution in [2.24, 2.45) is 5.41 Å². The Labute approximate surface area is 274 Å². The second-order valence-corrected chi connectivity index (χ2v) is 18.1. The highest BCUT2D eigenvalue weighted by Gasteiger charge is 2.37. The number of aliphatic hydroxyl groups is 2. The molecule has 1 aromatic carbocycles. The molecule has 0 fully saturated rings. The molecular formula is C36H60O2S4. The Hall–Kier alpha value is 0.0200. The van der Waals surface area contributed by atoms with Crippen LogP contribution in [0.5, 0.6) is 0 Å². The van der Waals surface area contributed by atoms with Gasteiger partial charge in [0, 0.05) is 10.3 Å². The van der Waals surface area contributed by atoms with Gasteiger partial charge in [0.05, 0.1) is 4.91 Å². The zero-order chi connectivity index (χ0) is 30.2. The lowest BCUT2D eigenvalue weighted by atomic mass is 9.74. The Kier molecular flexibility index (Phi) is 22.1. The van der Waals surface area contributed by atoms with Gasteiger partial charge >= 0.3 is 0 Å². The van der Waals surface area contributed by atoms with Gasteiger partial charge in [-0.1, -0.05) is 173 Å². The van der Waals surface area contributed by atoms with Crippen molar-refractivity contribution in [3.8, 4) is 0 Å². The fourth-order valence-electron chi connectivity index (χ4n) is 5.76.